The first-order chi connectivity index (χ1) is 10.7. The van der Waals surface area contributed by atoms with E-state index in [1.54, 1.807) is 0 Å². The maximum Gasteiger partial charge on any atom is 0.477 e. The molecule has 2 aromatic heterocycles. The van der Waals surface area contributed by atoms with Gasteiger partial charge in [-0.2, -0.15) is 4.59 Å². The topological polar surface area (TPSA) is 12.7 Å². The third-order valence-electron chi connectivity index (χ3n) is 5.25. The Morgan fingerprint density at radius 1 is 0.909 bits per heavy atom. The maximum absolute atomic E-state index is 2.46. The molecule has 0 radical (unpaired) electrons. The molecular formula is C18H18BN3+2. The molecular weight excluding hydrogens is 269 g/mol. The molecule has 3 aromatic rings. The molecule has 0 spiro atoms. The second-order valence-electron chi connectivity index (χ2n) is 6.50. The maximum atomic E-state index is 2.46. The van der Waals surface area contributed by atoms with E-state index in [0.717, 1.165) is 12.8 Å². The lowest BCUT2D eigenvalue weighted by Gasteiger charge is -2.28. The summed E-state index contributed by atoms with van der Waals surface area (Å²) in [6, 6.07) is 13.5. The van der Waals surface area contributed by atoms with Crippen LogP contribution in [-0.4, -0.2) is 11.4 Å². The largest absolute Gasteiger partial charge is 0.477 e. The van der Waals surface area contributed by atoms with Crippen LogP contribution < -0.4 is 20.3 Å². The number of fused-ring (bicyclic) bond motifs is 4. The van der Waals surface area contributed by atoms with E-state index < -0.39 is 0 Å². The Hall–Kier alpha value is -2.36. The number of aromatic nitrogens is 3. The van der Waals surface area contributed by atoms with Crippen LogP contribution in [0.25, 0.3) is 0 Å². The summed E-state index contributed by atoms with van der Waals surface area (Å²) in [5.74, 6) is 0. The van der Waals surface area contributed by atoms with Crippen LogP contribution in [-0.2, 0) is 26.9 Å². The van der Waals surface area contributed by atoms with Crippen molar-refractivity contribution in [3.63, 3.8) is 0 Å². The average Bonchev–Trinajstić information content (AvgIpc) is 2.88. The molecule has 0 fully saturated rings. The van der Waals surface area contributed by atoms with Crippen LogP contribution in [0.1, 0.15) is 22.4 Å². The van der Waals surface area contributed by atoms with Crippen molar-refractivity contribution in [3.05, 3.63) is 71.2 Å². The summed E-state index contributed by atoms with van der Waals surface area (Å²) in [5, 5.41) is 0. The van der Waals surface area contributed by atoms with E-state index in [2.05, 4.69) is 76.7 Å². The number of pyridine rings is 1. The molecule has 2 aliphatic rings. The molecule has 4 heterocycles. The summed E-state index contributed by atoms with van der Waals surface area (Å²) >= 11 is 0. The van der Waals surface area contributed by atoms with Gasteiger partial charge in [0.25, 0.3) is 0 Å². The Balaban J connectivity index is 1.91. The molecule has 3 nitrogen and oxygen atoms in total. The summed E-state index contributed by atoms with van der Waals surface area (Å²) < 4.78 is 7.00. The lowest BCUT2D eigenvalue weighted by molar-refractivity contribution is -0.740. The molecule has 1 aromatic carbocycles. The molecule has 0 bridgehead atoms. The molecule has 0 amide bonds. The molecule has 0 atom stereocenters. The second kappa shape index (κ2) is 4.10. The van der Waals surface area contributed by atoms with Gasteiger partial charge in [0.05, 0.1) is 5.69 Å². The quantitative estimate of drug-likeness (QED) is 0.271. The number of rotatable bonds is 0. The highest BCUT2D eigenvalue weighted by atomic mass is 15.4. The highest BCUT2D eigenvalue weighted by molar-refractivity contribution is 6.84. The zero-order chi connectivity index (χ0) is 14.8. The van der Waals surface area contributed by atoms with Gasteiger partial charge in [-0.15, -0.1) is 4.68 Å². The van der Waals surface area contributed by atoms with Gasteiger partial charge >= 0.3 is 6.85 Å². The van der Waals surface area contributed by atoms with Crippen molar-refractivity contribution in [2.75, 3.05) is 0 Å². The number of benzene rings is 1. The molecule has 0 saturated heterocycles. The number of hydrogen-bond donors (Lipinski definition) is 0. The molecule has 2 aliphatic heterocycles. The van der Waals surface area contributed by atoms with Gasteiger partial charge in [0, 0.05) is 30.5 Å². The Bertz CT molecular complexity index is 909. The summed E-state index contributed by atoms with van der Waals surface area (Å²) in [6.07, 6.45) is 6.43. The van der Waals surface area contributed by atoms with Gasteiger partial charge < -0.3 is 0 Å². The van der Waals surface area contributed by atoms with Gasteiger partial charge in [-0.25, -0.2) is 4.57 Å². The highest BCUT2D eigenvalue weighted by Crippen LogP contribution is 2.21. The van der Waals surface area contributed by atoms with Crippen LogP contribution in [0.2, 0.25) is 0 Å². The zero-order valence-corrected chi connectivity index (χ0v) is 13.0. The number of nitrogens with zero attached hydrogens (tertiary/aromatic N) is 3. The van der Waals surface area contributed by atoms with Crippen molar-refractivity contribution in [2.45, 2.75) is 12.8 Å². The third kappa shape index (κ3) is 1.42. The SMILES string of the molecule is C[n+]1cccc2c1B1c3c(cccc3Cc3cc[n+](C)n31)C2. The number of hydrogen-bond acceptors (Lipinski definition) is 0. The van der Waals surface area contributed by atoms with E-state index >= 15 is 0 Å². The molecule has 0 unspecified atom stereocenters. The highest BCUT2D eigenvalue weighted by Gasteiger charge is 2.47. The van der Waals surface area contributed by atoms with E-state index in [4.69, 9.17) is 0 Å². The smallest absolute Gasteiger partial charge is 0.211 e. The fourth-order valence-electron chi connectivity index (χ4n) is 4.33. The van der Waals surface area contributed by atoms with Gasteiger partial charge in [0.2, 0.25) is 0 Å². The fourth-order valence-corrected chi connectivity index (χ4v) is 4.33. The Kier molecular flexibility index (Phi) is 2.27. The monoisotopic (exact) mass is 287 g/mol. The standard InChI is InChI=1S/C18H18BN3/c1-20-9-4-7-15-11-13-5-3-6-14-12-16-8-10-21(2)22(16)19(17(13)14)18(15)20/h3-10H,11-12H2,1-2H3/q+2. The van der Waals surface area contributed by atoms with E-state index in [1.807, 2.05) is 0 Å². The van der Waals surface area contributed by atoms with Gasteiger partial charge in [0.1, 0.15) is 7.05 Å². The molecule has 0 N–H and O–H groups in total. The van der Waals surface area contributed by atoms with E-state index in [9.17, 15) is 0 Å². The molecule has 22 heavy (non-hydrogen) atoms. The van der Waals surface area contributed by atoms with Crippen LogP contribution >= 0.6 is 0 Å². The van der Waals surface area contributed by atoms with Crippen molar-refractivity contribution in [2.24, 2.45) is 14.1 Å². The average molecular weight is 287 g/mol. The zero-order valence-electron chi connectivity index (χ0n) is 13.0. The lowest BCUT2D eigenvalue weighted by Crippen LogP contribution is -2.71. The minimum absolute atomic E-state index is 0.296. The minimum Gasteiger partial charge on any atom is -0.211 e. The van der Waals surface area contributed by atoms with E-state index in [1.165, 1.54) is 33.4 Å². The first-order valence-electron chi connectivity index (χ1n) is 7.88. The van der Waals surface area contributed by atoms with Crippen molar-refractivity contribution in [1.82, 2.24) is 4.59 Å². The van der Waals surface area contributed by atoms with Crippen molar-refractivity contribution in [3.8, 4) is 0 Å². The predicted molar refractivity (Wildman–Crippen MR) is 85.7 cm³/mol. The molecule has 4 heteroatoms. The molecule has 106 valence electrons. The lowest BCUT2D eigenvalue weighted by atomic mass is 9.45. The summed E-state index contributed by atoms with van der Waals surface area (Å²) in [5.41, 5.74) is 8.77. The first-order valence-corrected chi connectivity index (χ1v) is 7.88. The van der Waals surface area contributed by atoms with Crippen molar-refractivity contribution >= 4 is 17.9 Å². The predicted octanol–water partition coefficient (Wildman–Crippen LogP) is -0.400. The fraction of sp³-hybridized carbons (Fsp3) is 0.222. The Morgan fingerprint density at radius 2 is 1.68 bits per heavy atom. The Morgan fingerprint density at radius 3 is 2.55 bits per heavy atom. The van der Waals surface area contributed by atoms with Crippen LogP contribution in [0.4, 0.5) is 0 Å². The first kappa shape index (κ1) is 12.2. The third-order valence-corrected chi connectivity index (χ3v) is 5.25. The molecule has 5 rings (SSSR count). The van der Waals surface area contributed by atoms with Gasteiger partial charge in [0.15, 0.2) is 25.0 Å². The van der Waals surface area contributed by atoms with Gasteiger partial charge in [-0.3, -0.25) is 0 Å². The van der Waals surface area contributed by atoms with Crippen LogP contribution in [0.5, 0.6) is 0 Å². The molecule has 0 saturated carbocycles. The van der Waals surface area contributed by atoms with Gasteiger partial charge in [-0.05, 0) is 22.7 Å². The normalized spacial score (nSPS) is 14.4. The number of aryl methyl sites for hydroxylation is 2. The van der Waals surface area contributed by atoms with Crippen molar-refractivity contribution < 1.29 is 9.25 Å². The van der Waals surface area contributed by atoms with Crippen molar-refractivity contribution in [1.29, 1.82) is 0 Å². The molecule has 0 aliphatic carbocycles. The van der Waals surface area contributed by atoms with Crippen LogP contribution in [0.15, 0.2) is 48.8 Å². The van der Waals surface area contributed by atoms with Crippen LogP contribution in [0.3, 0.4) is 0 Å². The van der Waals surface area contributed by atoms with E-state index in [-0.39, 0.29) is 0 Å². The summed E-state index contributed by atoms with van der Waals surface area (Å²) in [4.78, 5) is 0. The van der Waals surface area contributed by atoms with Crippen LogP contribution in [0, 0.1) is 0 Å². The van der Waals surface area contributed by atoms with Gasteiger partial charge in [-0.1, -0.05) is 18.2 Å². The second-order valence-corrected chi connectivity index (χ2v) is 6.50. The summed E-state index contributed by atoms with van der Waals surface area (Å²) in [7, 11) is 4.32. The van der Waals surface area contributed by atoms with E-state index in [0.29, 0.717) is 6.85 Å². The Labute approximate surface area is 130 Å². The minimum atomic E-state index is 0.296. The summed E-state index contributed by atoms with van der Waals surface area (Å²) in [6.45, 7) is 0.296.